The van der Waals surface area contributed by atoms with Crippen molar-refractivity contribution in [1.29, 1.82) is 0 Å². The van der Waals surface area contributed by atoms with Crippen LogP contribution in [0.15, 0.2) is 10.9 Å². The van der Waals surface area contributed by atoms with Crippen LogP contribution in [0.4, 0.5) is 0 Å². The molecule has 16 heavy (non-hydrogen) atoms. The zero-order chi connectivity index (χ0) is 12.0. The Morgan fingerprint density at radius 1 is 1.25 bits per heavy atom. The van der Waals surface area contributed by atoms with Crippen molar-refractivity contribution in [3.8, 4) is 0 Å². The fourth-order valence-corrected chi connectivity index (χ4v) is 1.55. The molecule has 1 amide bonds. The summed E-state index contributed by atoms with van der Waals surface area (Å²) in [6, 6.07) is 1.30. The summed E-state index contributed by atoms with van der Waals surface area (Å²) in [6.45, 7) is 5.60. The third kappa shape index (κ3) is 3.25. The predicted octanol–water partition coefficient (Wildman–Crippen LogP) is 1.36. The Kier molecular flexibility index (Phi) is 4.82. The van der Waals surface area contributed by atoms with Crippen molar-refractivity contribution >= 4 is 5.91 Å². The molecule has 1 rings (SSSR count). The second-order valence-electron chi connectivity index (χ2n) is 3.82. The van der Waals surface area contributed by atoms with Crippen LogP contribution in [0, 0.1) is 0 Å². The number of hydrogen-bond donors (Lipinski definition) is 2. The van der Waals surface area contributed by atoms with Crippen molar-refractivity contribution in [2.45, 2.75) is 33.1 Å². The molecule has 0 fully saturated rings. The van der Waals surface area contributed by atoms with E-state index >= 15 is 0 Å². The highest BCUT2D eigenvalue weighted by molar-refractivity contribution is 5.92. The van der Waals surface area contributed by atoms with E-state index in [0.29, 0.717) is 5.69 Å². The number of H-pyrrole nitrogens is 2. The zero-order valence-electron chi connectivity index (χ0n) is 9.88. The molecule has 0 bridgehead atoms. The summed E-state index contributed by atoms with van der Waals surface area (Å²) >= 11 is 0. The molecule has 0 saturated heterocycles. The molecule has 90 valence electrons. The van der Waals surface area contributed by atoms with Gasteiger partial charge in [-0.05, 0) is 12.8 Å². The first-order chi connectivity index (χ1) is 7.69. The smallest absolute Gasteiger partial charge is 0.271 e. The third-order valence-electron chi connectivity index (χ3n) is 2.39. The lowest BCUT2D eigenvalue weighted by Crippen LogP contribution is -2.33. The molecule has 2 N–H and O–H groups in total. The molecule has 1 heterocycles. The maximum atomic E-state index is 12.0. The molecule has 0 radical (unpaired) electrons. The topological polar surface area (TPSA) is 69.0 Å². The molecule has 0 aliphatic rings. The highest BCUT2D eigenvalue weighted by Gasteiger charge is 2.15. The maximum Gasteiger partial charge on any atom is 0.271 e. The summed E-state index contributed by atoms with van der Waals surface area (Å²) < 4.78 is 0. The van der Waals surface area contributed by atoms with Crippen molar-refractivity contribution in [2.75, 3.05) is 13.1 Å². The van der Waals surface area contributed by atoms with Gasteiger partial charge in [0.05, 0.1) is 0 Å². The quantitative estimate of drug-likeness (QED) is 0.767. The van der Waals surface area contributed by atoms with E-state index in [4.69, 9.17) is 0 Å². The molecular weight excluding hydrogens is 206 g/mol. The van der Waals surface area contributed by atoms with Crippen LogP contribution in [0.2, 0.25) is 0 Å². The minimum Gasteiger partial charge on any atom is -0.337 e. The van der Waals surface area contributed by atoms with Gasteiger partial charge >= 0.3 is 0 Å². The van der Waals surface area contributed by atoms with Crippen LogP contribution in [0.5, 0.6) is 0 Å². The first kappa shape index (κ1) is 12.5. The van der Waals surface area contributed by atoms with Gasteiger partial charge in [0.2, 0.25) is 0 Å². The Labute approximate surface area is 94.8 Å². The average molecular weight is 225 g/mol. The van der Waals surface area contributed by atoms with Gasteiger partial charge in [0.25, 0.3) is 11.5 Å². The van der Waals surface area contributed by atoms with Crippen LogP contribution in [-0.4, -0.2) is 34.1 Å². The number of rotatable bonds is 6. The lowest BCUT2D eigenvalue weighted by molar-refractivity contribution is 0.0747. The third-order valence-corrected chi connectivity index (χ3v) is 2.39. The normalized spacial score (nSPS) is 10.4. The van der Waals surface area contributed by atoms with Crippen molar-refractivity contribution in [3.63, 3.8) is 0 Å². The van der Waals surface area contributed by atoms with Crippen molar-refractivity contribution in [1.82, 2.24) is 15.1 Å². The number of unbranched alkanes of at least 4 members (excludes halogenated alkanes) is 1. The van der Waals surface area contributed by atoms with Gasteiger partial charge in [-0.25, -0.2) is 0 Å². The minimum absolute atomic E-state index is 0.103. The second-order valence-corrected chi connectivity index (χ2v) is 3.82. The number of amides is 1. The van der Waals surface area contributed by atoms with Gasteiger partial charge in [-0.3, -0.25) is 19.8 Å². The van der Waals surface area contributed by atoms with E-state index in [-0.39, 0.29) is 11.5 Å². The summed E-state index contributed by atoms with van der Waals surface area (Å²) in [4.78, 5) is 24.7. The number of nitrogens with zero attached hydrogens (tertiary/aromatic N) is 1. The highest BCUT2D eigenvalue weighted by atomic mass is 16.2. The van der Waals surface area contributed by atoms with E-state index < -0.39 is 0 Å². The van der Waals surface area contributed by atoms with Crippen LogP contribution < -0.4 is 5.56 Å². The number of aromatic amines is 2. The van der Waals surface area contributed by atoms with Crippen molar-refractivity contribution in [2.24, 2.45) is 0 Å². The van der Waals surface area contributed by atoms with E-state index in [1.54, 1.807) is 4.90 Å². The molecule has 5 heteroatoms. The summed E-state index contributed by atoms with van der Waals surface area (Å²) in [5.41, 5.74) is 0.0739. The fraction of sp³-hybridized carbons (Fsp3) is 0.636. The van der Waals surface area contributed by atoms with Crippen LogP contribution >= 0.6 is 0 Å². The zero-order valence-corrected chi connectivity index (χ0v) is 9.88. The maximum absolute atomic E-state index is 12.0. The molecule has 0 aliphatic carbocycles. The van der Waals surface area contributed by atoms with Gasteiger partial charge in [-0.1, -0.05) is 20.3 Å². The summed E-state index contributed by atoms with van der Waals surface area (Å²) in [5, 5.41) is 4.97. The Morgan fingerprint density at radius 2 is 2.00 bits per heavy atom. The van der Waals surface area contributed by atoms with Gasteiger partial charge in [0.1, 0.15) is 5.69 Å². The SMILES string of the molecule is CCCCN(CCC)C(=O)c1cc(=O)[nH][nH]1. The van der Waals surface area contributed by atoms with Gasteiger partial charge in [0, 0.05) is 19.2 Å². The first-order valence-electron chi connectivity index (χ1n) is 5.76. The molecule has 1 aromatic rings. The van der Waals surface area contributed by atoms with Gasteiger partial charge in [0.15, 0.2) is 0 Å². The van der Waals surface area contributed by atoms with Crippen LogP contribution in [-0.2, 0) is 0 Å². The molecule has 1 aromatic heterocycles. The number of aromatic nitrogens is 2. The number of carbonyl (C=O) groups is 1. The number of hydrogen-bond acceptors (Lipinski definition) is 2. The Bertz CT molecular complexity index is 381. The molecule has 0 aromatic carbocycles. The molecule has 0 unspecified atom stereocenters. The van der Waals surface area contributed by atoms with Crippen molar-refractivity contribution < 1.29 is 4.79 Å². The van der Waals surface area contributed by atoms with Gasteiger partial charge < -0.3 is 4.90 Å². The van der Waals surface area contributed by atoms with Crippen molar-refractivity contribution in [3.05, 3.63) is 22.1 Å². The van der Waals surface area contributed by atoms with Crippen LogP contribution in [0.3, 0.4) is 0 Å². The lowest BCUT2D eigenvalue weighted by Gasteiger charge is -2.20. The summed E-state index contributed by atoms with van der Waals surface area (Å²) in [5.74, 6) is -0.103. The van der Waals surface area contributed by atoms with E-state index in [9.17, 15) is 9.59 Å². The van der Waals surface area contributed by atoms with Gasteiger partial charge in [-0.2, -0.15) is 0 Å². The minimum atomic E-state index is -0.268. The van der Waals surface area contributed by atoms with Gasteiger partial charge in [-0.15, -0.1) is 0 Å². The Morgan fingerprint density at radius 3 is 2.50 bits per heavy atom. The standard InChI is InChI=1S/C11H19N3O2/c1-3-5-7-14(6-4-2)11(16)9-8-10(15)13-12-9/h8H,3-7H2,1-2H3,(H2,12,13,15). The number of carbonyl (C=O) groups excluding carboxylic acids is 1. The Balaban J connectivity index is 2.70. The first-order valence-corrected chi connectivity index (χ1v) is 5.76. The fourth-order valence-electron chi connectivity index (χ4n) is 1.55. The lowest BCUT2D eigenvalue weighted by atomic mass is 10.2. The molecule has 0 spiro atoms. The summed E-state index contributed by atoms with van der Waals surface area (Å²) in [6.07, 6.45) is 2.96. The molecule has 0 saturated carbocycles. The second kappa shape index (κ2) is 6.15. The van der Waals surface area contributed by atoms with E-state index in [1.165, 1.54) is 6.07 Å². The summed E-state index contributed by atoms with van der Waals surface area (Å²) in [7, 11) is 0. The molecule has 0 atom stereocenters. The van der Waals surface area contributed by atoms with E-state index in [1.807, 2.05) is 6.92 Å². The predicted molar refractivity (Wildman–Crippen MR) is 62.5 cm³/mol. The van der Waals surface area contributed by atoms with E-state index in [0.717, 1.165) is 32.4 Å². The number of nitrogens with one attached hydrogen (secondary N) is 2. The average Bonchev–Trinajstić information content (AvgIpc) is 2.70. The largest absolute Gasteiger partial charge is 0.337 e. The van der Waals surface area contributed by atoms with E-state index in [2.05, 4.69) is 17.1 Å². The monoisotopic (exact) mass is 225 g/mol. The highest BCUT2D eigenvalue weighted by Crippen LogP contribution is 2.03. The van der Waals surface area contributed by atoms with Crippen LogP contribution in [0.1, 0.15) is 43.6 Å². The molecule has 0 aliphatic heterocycles. The molecule has 5 nitrogen and oxygen atoms in total. The Hall–Kier alpha value is -1.52. The molecular formula is C11H19N3O2. The van der Waals surface area contributed by atoms with Crippen LogP contribution in [0.25, 0.3) is 0 Å².